The summed E-state index contributed by atoms with van der Waals surface area (Å²) in [5.41, 5.74) is 0.927. The first-order valence-corrected chi connectivity index (χ1v) is 6.63. The summed E-state index contributed by atoms with van der Waals surface area (Å²) >= 11 is 0. The van der Waals surface area contributed by atoms with Crippen LogP contribution in [0.15, 0.2) is 18.2 Å². The Labute approximate surface area is 114 Å². The predicted molar refractivity (Wildman–Crippen MR) is 74.7 cm³/mol. The van der Waals surface area contributed by atoms with Gasteiger partial charge in [-0.3, -0.25) is 4.90 Å². The van der Waals surface area contributed by atoms with Crippen LogP contribution in [0.25, 0.3) is 0 Å². The number of aliphatic hydroxyl groups is 1. The highest BCUT2D eigenvalue weighted by molar-refractivity contribution is 5.40. The van der Waals surface area contributed by atoms with E-state index in [0.29, 0.717) is 0 Å². The van der Waals surface area contributed by atoms with Crippen LogP contribution in [0.2, 0.25) is 0 Å². The van der Waals surface area contributed by atoms with Gasteiger partial charge in [0.05, 0.1) is 20.3 Å². The Morgan fingerprint density at radius 3 is 2.58 bits per heavy atom. The summed E-state index contributed by atoms with van der Waals surface area (Å²) in [7, 11) is 3.32. The number of rotatable bonds is 4. The summed E-state index contributed by atoms with van der Waals surface area (Å²) < 4.78 is 10.6. The molecule has 1 aliphatic rings. The number of hydrogen-bond acceptors (Lipinski definition) is 4. The van der Waals surface area contributed by atoms with Gasteiger partial charge in [0.25, 0.3) is 0 Å². The molecular weight excluding hydrogens is 242 g/mol. The first-order valence-electron chi connectivity index (χ1n) is 6.63. The molecule has 19 heavy (non-hydrogen) atoms. The van der Waals surface area contributed by atoms with E-state index in [-0.39, 0.29) is 11.6 Å². The molecule has 106 valence electrons. The normalized spacial score (nSPS) is 22.5. The number of aliphatic hydroxyl groups excluding tert-OH is 1. The molecule has 1 atom stereocenters. The van der Waals surface area contributed by atoms with Crippen molar-refractivity contribution >= 4 is 0 Å². The lowest BCUT2D eigenvalue weighted by Gasteiger charge is -2.34. The second-order valence-corrected chi connectivity index (χ2v) is 5.56. The average molecular weight is 265 g/mol. The van der Waals surface area contributed by atoms with E-state index in [0.717, 1.165) is 36.6 Å². The van der Waals surface area contributed by atoms with Gasteiger partial charge in [-0.05, 0) is 26.3 Å². The van der Waals surface area contributed by atoms with Crippen molar-refractivity contribution in [2.24, 2.45) is 0 Å². The summed E-state index contributed by atoms with van der Waals surface area (Å²) in [4.78, 5) is 2.29. The number of ether oxygens (including phenoxy) is 2. The maximum atomic E-state index is 10.0. The second-order valence-electron chi connectivity index (χ2n) is 5.56. The SMILES string of the molecule is COc1ccc(CN2CCC(O)C2(C)C)c(OC)c1. The second kappa shape index (κ2) is 5.39. The Kier molecular flexibility index (Phi) is 4.02. The van der Waals surface area contributed by atoms with Crippen molar-refractivity contribution in [3.8, 4) is 11.5 Å². The quantitative estimate of drug-likeness (QED) is 0.904. The van der Waals surface area contributed by atoms with Gasteiger partial charge in [0, 0.05) is 30.3 Å². The van der Waals surface area contributed by atoms with Crippen LogP contribution in [0.3, 0.4) is 0 Å². The van der Waals surface area contributed by atoms with Gasteiger partial charge in [0.2, 0.25) is 0 Å². The fourth-order valence-electron chi connectivity index (χ4n) is 2.60. The molecule has 1 aromatic carbocycles. The fraction of sp³-hybridized carbons (Fsp3) is 0.600. The molecule has 0 bridgehead atoms. The van der Waals surface area contributed by atoms with E-state index in [2.05, 4.69) is 18.7 Å². The maximum absolute atomic E-state index is 10.0. The largest absolute Gasteiger partial charge is 0.497 e. The Morgan fingerprint density at radius 2 is 2.05 bits per heavy atom. The first-order chi connectivity index (χ1) is 8.98. The van der Waals surface area contributed by atoms with Crippen molar-refractivity contribution < 1.29 is 14.6 Å². The molecule has 0 amide bonds. The molecule has 1 heterocycles. The molecule has 0 radical (unpaired) electrons. The Morgan fingerprint density at radius 1 is 1.32 bits per heavy atom. The van der Waals surface area contributed by atoms with Crippen molar-refractivity contribution in [1.29, 1.82) is 0 Å². The molecule has 0 saturated carbocycles. The van der Waals surface area contributed by atoms with E-state index in [1.807, 2.05) is 18.2 Å². The zero-order valence-corrected chi connectivity index (χ0v) is 12.1. The summed E-state index contributed by atoms with van der Waals surface area (Å²) in [5, 5.41) is 10.0. The van der Waals surface area contributed by atoms with Gasteiger partial charge in [0.1, 0.15) is 11.5 Å². The van der Waals surface area contributed by atoms with Crippen LogP contribution >= 0.6 is 0 Å². The van der Waals surface area contributed by atoms with Crippen LogP contribution < -0.4 is 9.47 Å². The van der Waals surface area contributed by atoms with Crippen molar-refractivity contribution in [1.82, 2.24) is 4.90 Å². The monoisotopic (exact) mass is 265 g/mol. The molecule has 1 N–H and O–H groups in total. The van der Waals surface area contributed by atoms with Gasteiger partial charge in [-0.15, -0.1) is 0 Å². The molecule has 1 aromatic rings. The van der Waals surface area contributed by atoms with Crippen molar-refractivity contribution in [2.45, 2.75) is 38.5 Å². The molecule has 0 aromatic heterocycles. The molecule has 4 nitrogen and oxygen atoms in total. The van der Waals surface area contributed by atoms with Gasteiger partial charge in [-0.1, -0.05) is 6.07 Å². The Balaban J connectivity index is 2.19. The van der Waals surface area contributed by atoms with Crippen LogP contribution in [0.4, 0.5) is 0 Å². The molecule has 1 fully saturated rings. The van der Waals surface area contributed by atoms with Gasteiger partial charge >= 0.3 is 0 Å². The molecule has 0 spiro atoms. The highest BCUT2D eigenvalue weighted by atomic mass is 16.5. The molecular formula is C15H23NO3. The van der Waals surface area contributed by atoms with E-state index < -0.39 is 0 Å². The summed E-state index contributed by atoms with van der Waals surface area (Å²) in [6.07, 6.45) is 0.558. The van der Waals surface area contributed by atoms with Gasteiger partial charge < -0.3 is 14.6 Å². The van der Waals surface area contributed by atoms with Gasteiger partial charge in [0.15, 0.2) is 0 Å². The summed E-state index contributed by atoms with van der Waals surface area (Å²) in [6.45, 7) is 5.85. The highest BCUT2D eigenvalue weighted by Gasteiger charge is 2.40. The zero-order valence-electron chi connectivity index (χ0n) is 12.1. The van der Waals surface area contributed by atoms with Gasteiger partial charge in [-0.2, -0.15) is 0 Å². The fourth-order valence-corrected chi connectivity index (χ4v) is 2.60. The van der Waals surface area contributed by atoms with Crippen molar-refractivity contribution in [2.75, 3.05) is 20.8 Å². The van der Waals surface area contributed by atoms with Crippen LogP contribution in [0.5, 0.6) is 11.5 Å². The molecule has 1 aliphatic heterocycles. The number of nitrogens with zero attached hydrogens (tertiary/aromatic N) is 1. The van der Waals surface area contributed by atoms with E-state index in [9.17, 15) is 5.11 Å². The van der Waals surface area contributed by atoms with Crippen LogP contribution in [0.1, 0.15) is 25.8 Å². The molecule has 1 saturated heterocycles. The third kappa shape index (κ3) is 2.69. The van der Waals surface area contributed by atoms with E-state index in [1.54, 1.807) is 14.2 Å². The minimum Gasteiger partial charge on any atom is -0.497 e. The summed E-state index contributed by atoms with van der Waals surface area (Å²) in [5.74, 6) is 1.62. The topological polar surface area (TPSA) is 41.9 Å². The zero-order chi connectivity index (χ0) is 14.0. The molecule has 0 aliphatic carbocycles. The van der Waals surface area contributed by atoms with E-state index in [1.165, 1.54) is 0 Å². The lowest BCUT2D eigenvalue weighted by Crippen LogP contribution is -2.44. The number of benzene rings is 1. The minimum atomic E-state index is -0.267. The van der Waals surface area contributed by atoms with Crippen molar-refractivity contribution in [3.05, 3.63) is 23.8 Å². The van der Waals surface area contributed by atoms with Crippen molar-refractivity contribution in [3.63, 3.8) is 0 Å². The minimum absolute atomic E-state index is 0.190. The number of methoxy groups -OCH3 is 2. The molecule has 4 heteroatoms. The average Bonchev–Trinajstić information content (AvgIpc) is 2.66. The van der Waals surface area contributed by atoms with Crippen LogP contribution in [-0.2, 0) is 6.54 Å². The molecule has 1 unspecified atom stereocenters. The highest BCUT2D eigenvalue weighted by Crippen LogP contribution is 2.33. The third-order valence-corrected chi connectivity index (χ3v) is 4.16. The van der Waals surface area contributed by atoms with E-state index in [4.69, 9.17) is 9.47 Å². The third-order valence-electron chi connectivity index (χ3n) is 4.16. The number of likely N-dealkylation sites (tertiary alicyclic amines) is 1. The number of hydrogen-bond donors (Lipinski definition) is 1. The van der Waals surface area contributed by atoms with E-state index >= 15 is 0 Å². The maximum Gasteiger partial charge on any atom is 0.127 e. The van der Waals surface area contributed by atoms with Gasteiger partial charge in [-0.25, -0.2) is 0 Å². The smallest absolute Gasteiger partial charge is 0.127 e. The Bertz CT molecular complexity index is 445. The standard InChI is InChI=1S/C15H23NO3/c1-15(2)14(17)7-8-16(15)10-11-5-6-12(18-3)9-13(11)19-4/h5-6,9,14,17H,7-8,10H2,1-4H3. The lowest BCUT2D eigenvalue weighted by atomic mass is 9.98. The van der Waals surface area contributed by atoms with Crippen LogP contribution in [0, 0.1) is 0 Å². The predicted octanol–water partition coefficient (Wildman–Crippen LogP) is 2.05. The summed E-state index contributed by atoms with van der Waals surface area (Å²) in [6, 6.07) is 5.87. The first kappa shape index (κ1) is 14.2. The van der Waals surface area contributed by atoms with Crippen LogP contribution in [-0.4, -0.2) is 42.4 Å². The lowest BCUT2D eigenvalue weighted by molar-refractivity contribution is 0.0502. The molecule has 2 rings (SSSR count). The Hall–Kier alpha value is -1.26.